The van der Waals surface area contributed by atoms with E-state index < -0.39 is 21.1 Å². The summed E-state index contributed by atoms with van der Waals surface area (Å²) in [6, 6.07) is 0. The number of hydrogen-bond acceptors (Lipinski definition) is 8. The Bertz CT molecular complexity index is 297. The Morgan fingerprint density at radius 1 is 0.812 bits per heavy atom. The average Bonchev–Trinajstić information content (AvgIpc) is 2.15. The molecule has 8 nitrogen and oxygen atoms in total. The molecule has 0 aromatic heterocycles. The monoisotopic (exact) mass is 282 g/mol. The zero-order valence-corrected chi connectivity index (χ0v) is 11.4. The topological polar surface area (TPSA) is 117 Å². The molecule has 2 heterocycles. The van der Waals surface area contributed by atoms with Crippen LogP contribution in [0.1, 0.15) is 0 Å². The molecule has 2 aliphatic rings. The summed E-state index contributed by atoms with van der Waals surface area (Å²) in [5.74, 6) is 0. The fraction of sp³-hybridized carbons (Fsp3) is 1.00. The second kappa shape index (κ2) is 4.93. The molecule has 2 aliphatic heterocycles. The molecule has 0 aromatic rings. The van der Waals surface area contributed by atoms with E-state index in [1.54, 1.807) is 0 Å². The largest absolute Gasteiger partial charge is 2.00 e. The van der Waals surface area contributed by atoms with Crippen molar-refractivity contribution in [2.75, 3.05) is 26.4 Å². The fourth-order valence-corrected chi connectivity index (χ4v) is 3.07. The third kappa shape index (κ3) is 3.49. The number of phosphoric ester groups is 2. The molecular formula is C5H8MgO8P2. The van der Waals surface area contributed by atoms with E-state index in [0.717, 1.165) is 0 Å². The SMILES string of the molecule is O=P1([O-])OCC2(CO1)COP(=O)([O-])OC2.[Mg+2]. The van der Waals surface area contributed by atoms with Crippen molar-refractivity contribution in [1.29, 1.82) is 0 Å². The summed E-state index contributed by atoms with van der Waals surface area (Å²) in [5.41, 5.74) is -0.864. The van der Waals surface area contributed by atoms with Gasteiger partial charge in [-0.05, 0) is 0 Å². The molecule has 2 saturated heterocycles. The van der Waals surface area contributed by atoms with Crippen molar-refractivity contribution in [3.63, 3.8) is 0 Å². The van der Waals surface area contributed by atoms with E-state index in [1.165, 1.54) is 0 Å². The standard InChI is InChI=1S/C5H10O8P2.Mg/c6-14(7)10-1-5(2-11-14)3-12-15(8,9)13-4-5;/h1-4H2,(H,6,7)(H,8,9);/q;+2/p-2. The van der Waals surface area contributed by atoms with Crippen LogP contribution in [0, 0.1) is 5.41 Å². The van der Waals surface area contributed by atoms with E-state index in [2.05, 4.69) is 18.1 Å². The van der Waals surface area contributed by atoms with Crippen LogP contribution >= 0.6 is 15.6 Å². The van der Waals surface area contributed by atoms with Crippen LogP contribution < -0.4 is 9.79 Å². The smallest absolute Gasteiger partial charge is 0.756 e. The molecule has 0 aliphatic carbocycles. The Labute approximate surface area is 108 Å². The molecule has 0 radical (unpaired) electrons. The van der Waals surface area contributed by atoms with Crippen molar-refractivity contribution in [1.82, 2.24) is 0 Å². The first kappa shape index (κ1) is 15.0. The van der Waals surface area contributed by atoms with E-state index in [4.69, 9.17) is 0 Å². The van der Waals surface area contributed by atoms with Crippen molar-refractivity contribution < 1.29 is 37.0 Å². The van der Waals surface area contributed by atoms with Gasteiger partial charge in [0, 0.05) is 0 Å². The Morgan fingerprint density at radius 3 is 1.31 bits per heavy atom. The molecule has 0 aromatic carbocycles. The molecule has 0 N–H and O–H groups in total. The first-order valence-corrected chi connectivity index (χ1v) is 6.95. The molecule has 0 unspecified atom stereocenters. The van der Waals surface area contributed by atoms with Gasteiger partial charge in [-0.2, -0.15) is 0 Å². The minimum absolute atomic E-state index is 0. The maximum Gasteiger partial charge on any atom is 2.00 e. The molecule has 0 saturated carbocycles. The van der Waals surface area contributed by atoms with Crippen molar-refractivity contribution in [3.05, 3.63) is 0 Å². The normalized spacial score (nSPS) is 48.6. The Balaban J connectivity index is 0.00000128. The van der Waals surface area contributed by atoms with E-state index in [0.29, 0.717) is 0 Å². The number of rotatable bonds is 0. The third-order valence-electron chi connectivity index (χ3n) is 2.12. The zero-order valence-electron chi connectivity index (χ0n) is 8.20. The van der Waals surface area contributed by atoms with Gasteiger partial charge in [0.25, 0.3) is 15.6 Å². The Kier molecular flexibility index (Phi) is 4.64. The molecule has 1 spiro atoms. The molecule has 88 valence electrons. The van der Waals surface area contributed by atoms with Crippen LogP contribution in [-0.4, -0.2) is 49.5 Å². The molecule has 2 fully saturated rings. The van der Waals surface area contributed by atoms with Crippen LogP contribution in [-0.2, 0) is 27.2 Å². The summed E-state index contributed by atoms with van der Waals surface area (Å²) in [6.07, 6.45) is 0. The first-order valence-electron chi connectivity index (χ1n) is 4.03. The summed E-state index contributed by atoms with van der Waals surface area (Å²) in [4.78, 5) is 21.6. The quantitative estimate of drug-likeness (QED) is 0.394. The van der Waals surface area contributed by atoms with Crippen molar-refractivity contribution in [2.45, 2.75) is 0 Å². The minimum Gasteiger partial charge on any atom is -0.756 e. The molecule has 0 bridgehead atoms. The summed E-state index contributed by atoms with van der Waals surface area (Å²) in [6.45, 7) is -0.802. The van der Waals surface area contributed by atoms with Gasteiger partial charge in [0.05, 0.1) is 31.8 Å². The first-order chi connectivity index (χ1) is 6.83. The molecular weight excluding hydrogens is 274 g/mol. The van der Waals surface area contributed by atoms with E-state index >= 15 is 0 Å². The van der Waals surface area contributed by atoms with Crippen molar-refractivity contribution >= 4 is 38.7 Å². The van der Waals surface area contributed by atoms with E-state index in [-0.39, 0.29) is 49.5 Å². The van der Waals surface area contributed by atoms with Crippen LogP contribution in [0.2, 0.25) is 0 Å². The van der Waals surface area contributed by atoms with Gasteiger partial charge < -0.3 is 27.9 Å². The molecule has 2 rings (SSSR count). The summed E-state index contributed by atoms with van der Waals surface area (Å²) in [7, 11) is -8.44. The second-order valence-corrected chi connectivity index (χ2v) is 6.31. The van der Waals surface area contributed by atoms with Gasteiger partial charge >= 0.3 is 23.1 Å². The van der Waals surface area contributed by atoms with Crippen LogP contribution in [0.15, 0.2) is 0 Å². The van der Waals surface area contributed by atoms with Gasteiger partial charge in [-0.1, -0.05) is 0 Å². The Morgan fingerprint density at radius 2 is 1.06 bits per heavy atom. The van der Waals surface area contributed by atoms with Gasteiger partial charge in [-0.25, -0.2) is 0 Å². The number of phosphoric acid groups is 2. The van der Waals surface area contributed by atoms with Crippen molar-refractivity contribution in [3.8, 4) is 0 Å². The van der Waals surface area contributed by atoms with Crippen molar-refractivity contribution in [2.24, 2.45) is 5.41 Å². The predicted octanol–water partition coefficient (Wildman–Crippen LogP) is -1.38. The van der Waals surface area contributed by atoms with E-state index in [1.807, 2.05) is 0 Å². The fourth-order valence-electron chi connectivity index (χ4n) is 1.19. The molecule has 11 heteroatoms. The minimum atomic E-state index is -4.22. The van der Waals surface area contributed by atoms with E-state index in [9.17, 15) is 18.9 Å². The van der Waals surface area contributed by atoms with Crippen LogP contribution in [0.4, 0.5) is 0 Å². The third-order valence-corrected chi connectivity index (χ3v) is 3.90. The second-order valence-electron chi connectivity index (χ2n) is 3.49. The Hall–Kier alpha value is 0.986. The van der Waals surface area contributed by atoms with Crippen LogP contribution in [0.5, 0.6) is 0 Å². The van der Waals surface area contributed by atoms with Gasteiger partial charge in [-0.3, -0.25) is 9.13 Å². The van der Waals surface area contributed by atoms with Gasteiger partial charge in [0.1, 0.15) is 0 Å². The van der Waals surface area contributed by atoms with Gasteiger partial charge in [0.2, 0.25) is 0 Å². The molecule has 0 atom stereocenters. The summed E-state index contributed by atoms with van der Waals surface area (Å²) >= 11 is 0. The predicted molar refractivity (Wildman–Crippen MR) is 47.2 cm³/mol. The average molecular weight is 282 g/mol. The summed E-state index contributed by atoms with van der Waals surface area (Å²) in [5, 5.41) is 0. The maximum atomic E-state index is 10.8. The summed E-state index contributed by atoms with van der Waals surface area (Å²) < 4.78 is 39.4. The van der Waals surface area contributed by atoms with Gasteiger partial charge in [-0.15, -0.1) is 0 Å². The molecule has 0 amide bonds. The number of hydrogen-bond donors (Lipinski definition) is 0. The zero-order chi connectivity index (χ0) is 11.2. The van der Waals surface area contributed by atoms with Gasteiger partial charge in [0.15, 0.2) is 0 Å². The molecule has 16 heavy (non-hydrogen) atoms. The van der Waals surface area contributed by atoms with Crippen LogP contribution in [0.25, 0.3) is 0 Å². The van der Waals surface area contributed by atoms with Crippen LogP contribution in [0.3, 0.4) is 0 Å². The maximum absolute atomic E-state index is 10.8.